The van der Waals surface area contributed by atoms with Gasteiger partial charge in [-0.05, 0) is 48.8 Å². The normalized spacial score (nSPS) is 23.3. The minimum Gasteiger partial charge on any atom is -0.338 e. The van der Waals surface area contributed by atoms with Gasteiger partial charge < -0.3 is 4.90 Å². The SMILES string of the molecule is CCN(CC)CC(=O)N1C[C@@H](c2ccsc2)C[C@@H]1C. The van der Waals surface area contributed by atoms with Crippen molar-refractivity contribution in [2.45, 2.75) is 39.2 Å². The zero-order valence-electron chi connectivity index (χ0n) is 12.1. The Morgan fingerprint density at radius 1 is 1.47 bits per heavy atom. The van der Waals surface area contributed by atoms with Crippen molar-refractivity contribution < 1.29 is 4.79 Å². The van der Waals surface area contributed by atoms with E-state index in [9.17, 15) is 4.79 Å². The molecule has 0 aliphatic carbocycles. The average Bonchev–Trinajstić information content (AvgIpc) is 3.04. The lowest BCUT2D eigenvalue weighted by Gasteiger charge is -2.25. The summed E-state index contributed by atoms with van der Waals surface area (Å²) in [6.07, 6.45) is 1.10. The van der Waals surface area contributed by atoms with Gasteiger partial charge in [-0.25, -0.2) is 0 Å². The fraction of sp³-hybridized carbons (Fsp3) is 0.667. The van der Waals surface area contributed by atoms with Crippen molar-refractivity contribution >= 4 is 17.2 Å². The molecule has 3 nitrogen and oxygen atoms in total. The van der Waals surface area contributed by atoms with E-state index in [2.05, 4.69) is 47.4 Å². The van der Waals surface area contributed by atoms with Crippen LogP contribution in [0.15, 0.2) is 16.8 Å². The first-order valence-corrected chi connectivity index (χ1v) is 8.13. The summed E-state index contributed by atoms with van der Waals surface area (Å²) in [5.74, 6) is 0.816. The van der Waals surface area contributed by atoms with Gasteiger partial charge >= 0.3 is 0 Å². The highest BCUT2D eigenvalue weighted by molar-refractivity contribution is 7.07. The first-order valence-electron chi connectivity index (χ1n) is 7.19. The highest BCUT2D eigenvalue weighted by Crippen LogP contribution is 2.32. The van der Waals surface area contributed by atoms with Crippen LogP contribution in [-0.4, -0.2) is 47.9 Å². The molecular formula is C15H24N2OS. The maximum absolute atomic E-state index is 12.4. The van der Waals surface area contributed by atoms with E-state index in [-0.39, 0.29) is 5.91 Å². The van der Waals surface area contributed by atoms with Crippen LogP contribution in [0, 0.1) is 0 Å². The highest BCUT2D eigenvalue weighted by atomic mass is 32.1. The predicted octanol–water partition coefficient (Wildman–Crippen LogP) is 2.79. The Labute approximate surface area is 120 Å². The molecule has 19 heavy (non-hydrogen) atoms. The number of nitrogens with zero attached hydrogens (tertiary/aromatic N) is 2. The highest BCUT2D eigenvalue weighted by Gasteiger charge is 2.33. The Hall–Kier alpha value is -0.870. The van der Waals surface area contributed by atoms with Crippen LogP contribution >= 0.6 is 11.3 Å². The summed E-state index contributed by atoms with van der Waals surface area (Å²) in [7, 11) is 0. The lowest BCUT2D eigenvalue weighted by atomic mass is 10.00. The van der Waals surface area contributed by atoms with Crippen LogP contribution in [-0.2, 0) is 4.79 Å². The third kappa shape index (κ3) is 3.37. The van der Waals surface area contributed by atoms with Gasteiger partial charge in [0.25, 0.3) is 0 Å². The molecule has 2 heterocycles. The molecule has 1 fully saturated rings. The molecule has 1 aliphatic heterocycles. The summed E-state index contributed by atoms with van der Waals surface area (Å²) < 4.78 is 0. The van der Waals surface area contributed by atoms with Crippen LogP contribution in [0.3, 0.4) is 0 Å². The monoisotopic (exact) mass is 280 g/mol. The zero-order valence-corrected chi connectivity index (χ0v) is 12.9. The smallest absolute Gasteiger partial charge is 0.237 e. The van der Waals surface area contributed by atoms with Gasteiger partial charge in [0, 0.05) is 18.5 Å². The molecule has 0 bridgehead atoms. The molecule has 1 amide bonds. The molecule has 1 aliphatic rings. The first-order chi connectivity index (χ1) is 9.15. The van der Waals surface area contributed by atoms with Crippen LogP contribution in [0.5, 0.6) is 0 Å². The number of carbonyl (C=O) groups is 1. The van der Waals surface area contributed by atoms with Crippen LogP contribution < -0.4 is 0 Å². The maximum atomic E-state index is 12.4. The van der Waals surface area contributed by atoms with Crippen molar-refractivity contribution in [3.05, 3.63) is 22.4 Å². The summed E-state index contributed by atoms with van der Waals surface area (Å²) in [6, 6.07) is 2.56. The number of likely N-dealkylation sites (N-methyl/N-ethyl adjacent to an activating group) is 1. The van der Waals surface area contributed by atoms with E-state index in [0.29, 0.717) is 18.5 Å². The summed E-state index contributed by atoms with van der Waals surface area (Å²) in [5.41, 5.74) is 1.40. The second-order valence-corrected chi connectivity index (χ2v) is 6.13. The molecule has 0 spiro atoms. The topological polar surface area (TPSA) is 23.6 Å². The number of likely N-dealkylation sites (tertiary alicyclic amines) is 1. The van der Waals surface area contributed by atoms with Crippen LogP contribution in [0.4, 0.5) is 0 Å². The van der Waals surface area contributed by atoms with E-state index >= 15 is 0 Å². The molecule has 2 rings (SSSR count). The van der Waals surface area contributed by atoms with E-state index < -0.39 is 0 Å². The van der Waals surface area contributed by atoms with Crippen LogP contribution in [0.25, 0.3) is 0 Å². The van der Waals surface area contributed by atoms with E-state index in [1.165, 1.54) is 5.56 Å². The molecular weight excluding hydrogens is 256 g/mol. The molecule has 0 aromatic carbocycles. The number of hydrogen-bond donors (Lipinski definition) is 0. The van der Waals surface area contributed by atoms with Gasteiger partial charge in [0.15, 0.2) is 0 Å². The van der Waals surface area contributed by atoms with E-state index in [0.717, 1.165) is 26.1 Å². The Balaban J connectivity index is 1.96. The van der Waals surface area contributed by atoms with Crippen LogP contribution in [0.2, 0.25) is 0 Å². The molecule has 2 atom stereocenters. The van der Waals surface area contributed by atoms with Crippen molar-refractivity contribution in [3.63, 3.8) is 0 Å². The fourth-order valence-electron chi connectivity index (χ4n) is 2.86. The molecule has 0 radical (unpaired) electrons. The lowest BCUT2D eigenvalue weighted by molar-refractivity contribution is -0.132. The maximum Gasteiger partial charge on any atom is 0.237 e. The van der Waals surface area contributed by atoms with Gasteiger partial charge in [-0.1, -0.05) is 13.8 Å². The van der Waals surface area contributed by atoms with Gasteiger partial charge in [0.2, 0.25) is 5.91 Å². The predicted molar refractivity (Wildman–Crippen MR) is 80.6 cm³/mol. The van der Waals surface area contributed by atoms with E-state index in [1.807, 2.05) is 0 Å². The average molecular weight is 280 g/mol. The second-order valence-electron chi connectivity index (χ2n) is 5.35. The number of rotatable bonds is 5. The second kappa shape index (κ2) is 6.53. The Bertz CT molecular complexity index is 400. The van der Waals surface area contributed by atoms with Crippen molar-refractivity contribution in [1.29, 1.82) is 0 Å². The van der Waals surface area contributed by atoms with Crippen molar-refractivity contribution in [2.24, 2.45) is 0 Å². The number of hydrogen-bond acceptors (Lipinski definition) is 3. The van der Waals surface area contributed by atoms with Gasteiger partial charge in [-0.3, -0.25) is 9.69 Å². The molecule has 4 heteroatoms. The Morgan fingerprint density at radius 3 is 2.79 bits per heavy atom. The minimum atomic E-state index is 0.286. The molecule has 0 unspecified atom stereocenters. The lowest BCUT2D eigenvalue weighted by Crippen LogP contribution is -2.41. The Kier molecular flexibility index (Phi) is 4.99. The molecule has 0 N–H and O–H groups in total. The third-order valence-corrected chi connectivity index (χ3v) is 4.86. The van der Waals surface area contributed by atoms with Crippen LogP contribution in [0.1, 0.15) is 38.7 Å². The van der Waals surface area contributed by atoms with Crippen molar-refractivity contribution in [2.75, 3.05) is 26.2 Å². The third-order valence-electron chi connectivity index (χ3n) is 4.16. The first kappa shape index (κ1) is 14.5. The quantitative estimate of drug-likeness (QED) is 0.828. The summed E-state index contributed by atoms with van der Waals surface area (Å²) >= 11 is 1.74. The standard InChI is InChI=1S/C15H24N2OS/c1-4-16(5-2)10-15(18)17-9-14(8-12(17)3)13-6-7-19-11-13/h6-7,11-12,14H,4-5,8-10H2,1-3H3/t12-,14-/m0/s1. The number of amides is 1. The fourth-order valence-corrected chi connectivity index (χ4v) is 3.60. The number of thiophene rings is 1. The van der Waals surface area contributed by atoms with Gasteiger partial charge in [0.05, 0.1) is 6.54 Å². The summed E-state index contributed by atoms with van der Waals surface area (Å²) in [6.45, 7) is 9.73. The van der Waals surface area contributed by atoms with E-state index in [4.69, 9.17) is 0 Å². The summed E-state index contributed by atoms with van der Waals surface area (Å²) in [4.78, 5) is 16.6. The molecule has 0 saturated carbocycles. The molecule has 1 aromatic rings. The van der Waals surface area contributed by atoms with Gasteiger partial charge in [0.1, 0.15) is 0 Å². The summed E-state index contributed by atoms with van der Waals surface area (Å²) in [5, 5.41) is 4.34. The largest absolute Gasteiger partial charge is 0.338 e. The van der Waals surface area contributed by atoms with Gasteiger partial charge in [-0.2, -0.15) is 11.3 Å². The molecule has 1 saturated heterocycles. The zero-order chi connectivity index (χ0) is 13.8. The number of carbonyl (C=O) groups excluding carboxylic acids is 1. The Morgan fingerprint density at radius 2 is 2.21 bits per heavy atom. The minimum absolute atomic E-state index is 0.286. The molecule has 1 aromatic heterocycles. The van der Waals surface area contributed by atoms with E-state index in [1.54, 1.807) is 11.3 Å². The molecule has 106 valence electrons. The van der Waals surface area contributed by atoms with Gasteiger partial charge in [-0.15, -0.1) is 0 Å². The van der Waals surface area contributed by atoms with Crippen molar-refractivity contribution in [3.8, 4) is 0 Å². The van der Waals surface area contributed by atoms with Crippen molar-refractivity contribution in [1.82, 2.24) is 9.80 Å².